The summed E-state index contributed by atoms with van der Waals surface area (Å²) in [6.07, 6.45) is -12.8. The second kappa shape index (κ2) is 19.3. The molecular weight excluding hydrogens is 714 g/mol. The summed E-state index contributed by atoms with van der Waals surface area (Å²) in [6, 6.07) is -0.814. The summed E-state index contributed by atoms with van der Waals surface area (Å²) in [6.45, 7) is 15.0. The van der Waals surface area contributed by atoms with E-state index in [4.69, 9.17) is 33.2 Å². The maximum Gasteiger partial charge on any atom is 0.407 e. The van der Waals surface area contributed by atoms with E-state index in [9.17, 15) is 39.6 Å². The zero-order valence-electron chi connectivity index (χ0n) is 33.1. The van der Waals surface area contributed by atoms with Gasteiger partial charge in [0.1, 0.15) is 48.3 Å². The molecule has 7 N–H and O–H groups in total. The molecule has 312 valence electrons. The summed E-state index contributed by atoms with van der Waals surface area (Å²) in [7, 11) is 1.45. The van der Waals surface area contributed by atoms with Crippen LogP contribution < -0.4 is 16.0 Å². The number of nitrogens with one attached hydrogen (secondary N) is 3. The molecule has 0 spiro atoms. The van der Waals surface area contributed by atoms with Gasteiger partial charge in [0.15, 0.2) is 12.6 Å². The Hall–Kier alpha value is -2.84. The smallest absolute Gasteiger partial charge is 0.407 e. The zero-order chi connectivity index (χ0) is 40.7. The molecule has 54 heavy (non-hydrogen) atoms. The average Bonchev–Trinajstić information content (AvgIpc) is 3.05. The molecule has 3 fully saturated rings. The van der Waals surface area contributed by atoms with Crippen LogP contribution in [0.4, 0.5) is 9.59 Å². The molecule has 14 atom stereocenters. The lowest BCUT2D eigenvalue weighted by Gasteiger charge is -2.49. The van der Waals surface area contributed by atoms with Crippen molar-refractivity contribution in [1.82, 2.24) is 16.0 Å². The average molecular weight is 778 g/mol. The van der Waals surface area contributed by atoms with Gasteiger partial charge >= 0.3 is 18.2 Å². The van der Waals surface area contributed by atoms with E-state index >= 15 is 0 Å². The number of carbonyl (C=O) groups excluding carboxylic acids is 4. The molecule has 2 aliphatic heterocycles. The predicted molar refractivity (Wildman–Crippen MR) is 189 cm³/mol. The largest absolute Gasteiger partial charge is 0.463 e. The van der Waals surface area contributed by atoms with E-state index in [1.54, 1.807) is 62.3 Å². The minimum absolute atomic E-state index is 0.0797. The minimum atomic E-state index is -1.45. The fraction of sp³-hybridized carbons (Fsp3) is 0.889. The monoisotopic (exact) mass is 777 g/mol. The van der Waals surface area contributed by atoms with E-state index in [1.165, 1.54) is 7.05 Å². The van der Waals surface area contributed by atoms with Crippen LogP contribution in [0.2, 0.25) is 0 Å². The summed E-state index contributed by atoms with van der Waals surface area (Å²) in [5.41, 5.74) is -1.56. The number of ether oxygens (including phenoxy) is 7. The number of amides is 3. The van der Waals surface area contributed by atoms with Crippen molar-refractivity contribution in [2.24, 2.45) is 17.8 Å². The van der Waals surface area contributed by atoms with Crippen LogP contribution in [0.25, 0.3) is 0 Å². The van der Waals surface area contributed by atoms with Crippen LogP contribution in [-0.4, -0.2) is 143 Å². The number of carbonyl (C=O) groups is 4. The maximum atomic E-state index is 13.0. The first-order valence-electron chi connectivity index (χ1n) is 18.7. The van der Waals surface area contributed by atoms with Gasteiger partial charge in [0.25, 0.3) is 0 Å². The summed E-state index contributed by atoms with van der Waals surface area (Å²) in [5, 5.41) is 52.5. The van der Waals surface area contributed by atoms with Crippen LogP contribution in [0.5, 0.6) is 0 Å². The van der Waals surface area contributed by atoms with Crippen molar-refractivity contribution in [3.05, 3.63) is 0 Å². The number of aliphatic hydroxyl groups excluding tert-OH is 4. The molecule has 0 aromatic carbocycles. The quantitative estimate of drug-likeness (QED) is 0.107. The van der Waals surface area contributed by atoms with Gasteiger partial charge in [-0.15, -0.1) is 0 Å². The van der Waals surface area contributed by atoms with E-state index in [0.29, 0.717) is 0 Å². The fourth-order valence-electron chi connectivity index (χ4n) is 6.58. The fourth-order valence-corrected chi connectivity index (χ4v) is 6.58. The molecule has 18 nitrogen and oxygen atoms in total. The van der Waals surface area contributed by atoms with Crippen LogP contribution in [0.15, 0.2) is 0 Å². The van der Waals surface area contributed by atoms with E-state index in [2.05, 4.69) is 16.0 Å². The lowest BCUT2D eigenvalue weighted by Crippen LogP contribution is -2.64. The molecule has 6 unspecified atom stereocenters. The van der Waals surface area contributed by atoms with Gasteiger partial charge < -0.3 is 69.5 Å². The molecule has 0 bridgehead atoms. The standard InChI is InChI=1S/C36H63N3O15/c1-17-13-20(39-34(47)54-36(7,8)9)30(52-31-18(2)14-21(40)22(49-31)15-38-33(46)53-35(4,5)6)28(45)29(17)51-32-27(44)19(3)26(43)23(50-32)16-48-25(42)12-11-24(41)37-10/h17-23,26-32,40,43-45H,11-16H2,1-10H3,(H,37,41)(H,38,46)(H,39,47)/t17-,18?,19+,20+,21+,22?,23?,26+,27?,28?,29+,30?,31-,32-/m1/s1. The summed E-state index contributed by atoms with van der Waals surface area (Å²) in [5.74, 6) is -2.67. The summed E-state index contributed by atoms with van der Waals surface area (Å²) < 4.78 is 40.8. The first kappa shape index (κ1) is 45.5. The second-order valence-corrected chi connectivity index (χ2v) is 16.6. The number of hydrogen-bond acceptors (Lipinski definition) is 15. The number of alkyl carbamates (subject to hydrolysis) is 2. The van der Waals surface area contributed by atoms with Crippen molar-refractivity contribution in [3.63, 3.8) is 0 Å². The molecule has 3 amide bonds. The van der Waals surface area contributed by atoms with Gasteiger partial charge in [-0.3, -0.25) is 9.59 Å². The van der Waals surface area contributed by atoms with Gasteiger partial charge in [0, 0.05) is 31.8 Å². The van der Waals surface area contributed by atoms with Gasteiger partial charge in [0.2, 0.25) is 5.91 Å². The molecule has 2 saturated heterocycles. The van der Waals surface area contributed by atoms with Crippen LogP contribution in [0.1, 0.15) is 88.0 Å². The van der Waals surface area contributed by atoms with Gasteiger partial charge in [0.05, 0.1) is 30.8 Å². The highest BCUT2D eigenvalue weighted by Gasteiger charge is 2.51. The SMILES string of the molecule is CNC(=O)CCC(=O)OCC1O[C@H](O[C@@H]2C(O)C(O[C@H]3OC(CNC(=O)OC(C)(C)C)[C@@H](O)CC3C)[C@@H](NC(=O)OC(C)(C)C)C[C@H]2C)C(O)[C@@H](C)[C@@H]1O. The van der Waals surface area contributed by atoms with E-state index < -0.39 is 115 Å². The predicted octanol–water partition coefficient (Wildman–Crippen LogP) is 0.840. The molecule has 18 heteroatoms. The Bertz CT molecular complexity index is 1260. The third kappa shape index (κ3) is 13.4. The van der Waals surface area contributed by atoms with Crippen molar-refractivity contribution in [1.29, 1.82) is 0 Å². The molecule has 1 aliphatic carbocycles. The topological polar surface area (TPSA) is 250 Å². The van der Waals surface area contributed by atoms with Gasteiger partial charge in [-0.25, -0.2) is 9.59 Å². The molecular formula is C36H63N3O15. The molecule has 0 radical (unpaired) electrons. The van der Waals surface area contributed by atoms with E-state index in [1.807, 2.05) is 0 Å². The van der Waals surface area contributed by atoms with Crippen LogP contribution in [0.3, 0.4) is 0 Å². The van der Waals surface area contributed by atoms with Crippen molar-refractivity contribution in [2.45, 2.75) is 167 Å². The highest BCUT2D eigenvalue weighted by Crippen LogP contribution is 2.37. The Morgan fingerprint density at radius 3 is 1.93 bits per heavy atom. The van der Waals surface area contributed by atoms with Crippen molar-refractivity contribution in [3.8, 4) is 0 Å². The molecule has 1 saturated carbocycles. The van der Waals surface area contributed by atoms with Crippen molar-refractivity contribution < 1.29 is 72.8 Å². The van der Waals surface area contributed by atoms with Gasteiger partial charge in [-0.05, 0) is 60.3 Å². The molecule has 0 aromatic heterocycles. The molecule has 3 aliphatic rings. The molecule has 2 heterocycles. The number of hydrogen-bond donors (Lipinski definition) is 7. The Balaban J connectivity index is 1.79. The van der Waals surface area contributed by atoms with Crippen LogP contribution in [-0.2, 0) is 42.7 Å². The van der Waals surface area contributed by atoms with Crippen LogP contribution in [0, 0.1) is 17.8 Å². The van der Waals surface area contributed by atoms with Crippen LogP contribution >= 0.6 is 0 Å². The summed E-state index contributed by atoms with van der Waals surface area (Å²) >= 11 is 0. The van der Waals surface area contributed by atoms with Gasteiger partial charge in [-0.2, -0.15) is 0 Å². The second-order valence-electron chi connectivity index (χ2n) is 16.6. The summed E-state index contributed by atoms with van der Waals surface area (Å²) in [4.78, 5) is 49.1. The first-order valence-corrected chi connectivity index (χ1v) is 18.7. The lowest BCUT2D eigenvalue weighted by molar-refractivity contribution is -0.328. The Morgan fingerprint density at radius 2 is 1.31 bits per heavy atom. The van der Waals surface area contributed by atoms with E-state index in [0.717, 1.165) is 0 Å². The van der Waals surface area contributed by atoms with Gasteiger partial charge in [-0.1, -0.05) is 20.8 Å². The maximum absolute atomic E-state index is 13.0. The Labute approximate surface area is 317 Å². The highest BCUT2D eigenvalue weighted by atomic mass is 16.7. The number of rotatable bonds is 12. The third-order valence-corrected chi connectivity index (χ3v) is 9.49. The lowest BCUT2D eigenvalue weighted by atomic mass is 9.79. The first-order chi connectivity index (χ1) is 25.0. The van der Waals surface area contributed by atoms with Crippen molar-refractivity contribution >= 4 is 24.1 Å². The Morgan fingerprint density at radius 1 is 0.722 bits per heavy atom. The number of aliphatic hydroxyl groups is 4. The highest BCUT2D eigenvalue weighted by molar-refractivity contribution is 5.81. The normalized spacial score (nSPS) is 36.0. The minimum Gasteiger partial charge on any atom is -0.463 e. The Kier molecular flexibility index (Phi) is 16.3. The molecule has 0 aromatic rings. The third-order valence-electron chi connectivity index (χ3n) is 9.49. The number of esters is 1. The van der Waals surface area contributed by atoms with E-state index in [-0.39, 0.29) is 44.7 Å². The zero-order valence-corrected chi connectivity index (χ0v) is 33.1. The van der Waals surface area contributed by atoms with Crippen molar-refractivity contribution in [2.75, 3.05) is 20.2 Å². The molecule has 3 rings (SSSR count).